The number of nitrogens with one attached hydrogen (secondary N) is 2. The highest BCUT2D eigenvalue weighted by molar-refractivity contribution is 6.30. The van der Waals surface area contributed by atoms with Crippen molar-refractivity contribution in [1.82, 2.24) is 19.1 Å². The largest absolute Gasteiger partial charge is 0.329 e. The van der Waals surface area contributed by atoms with E-state index >= 15 is 0 Å². The van der Waals surface area contributed by atoms with Crippen molar-refractivity contribution in [2.24, 2.45) is 12.1 Å². The highest BCUT2D eigenvalue weighted by Crippen LogP contribution is 2.17. The average Bonchev–Trinajstić information content (AvgIpc) is 3.07. The molecule has 0 saturated heterocycles. The third-order valence-corrected chi connectivity index (χ3v) is 5.08. The maximum absolute atomic E-state index is 12.5. The zero-order valence-corrected chi connectivity index (χ0v) is 17.6. The number of benzene rings is 1. The number of H-pyrrole nitrogens is 1. The summed E-state index contributed by atoms with van der Waals surface area (Å²) >= 11 is 5.94. The Bertz CT molecular complexity index is 1140. The first-order chi connectivity index (χ1) is 13.9. The molecule has 0 spiro atoms. The third-order valence-electron chi connectivity index (χ3n) is 4.83. The second kappa shape index (κ2) is 9.09. The van der Waals surface area contributed by atoms with Crippen LogP contribution in [0.25, 0.3) is 11.2 Å². The molecule has 0 bridgehead atoms. The number of aromatic nitrogens is 4. The van der Waals surface area contributed by atoms with Gasteiger partial charge in [0.2, 0.25) is 5.95 Å². The molecular weight excluding hydrogens is 392 g/mol. The lowest BCUT2D eigenvalue weighted by molar-refractivity contribution is 0.593. The number of hydrogen-bond donors (Lipinski definition) is 2. The van der Waals surface area contributed by atoms with Gasteiger partial charge >= 0.3 is 5.69 Å². The Balaban J connectivity index is 1.98. The van der Waals surface area contributed by atoms with Gasteiger partial charge in [-0.1, -0.05) is 49.9 Å². The predicted molar refractivity (Wildman–Crippen MR) is 117 cm³/mol. The maximum atomic E-state index is 12.5. The first kappa shape index (κ1) is 20.9. The summed E-state index contributed by atoms with van der Waals surface area (Å²) in [6, 6.07) is 7.36. The summed E-state index contributed by atoms with van der Waals surface area (Å²) < 4.78 is 3.13. The molecule has 0 aliphatic carbocycles. The van der Waals surface area contributed by atoms with E-state index in [1.54, 1.807) is 23.7 Å². The molecule has 0 aliphatic heterocycles. The van der Waals surface area contributed by atoms with E-state index in [2.05, 4.69) is 27.4 Å². The first-order valence-corrected chi connectivity index (χ1v) is 10.1. The van der Waals surface area contributed by atoms with Gasteiger partial charge in [-0.15, -0.1) is 0 Å². The molecule has 0 fully saturated rings. The lowest BCUT2D eigenvalue weighted by Gasteiger charge is -2.09. The molecule has 29 heavy (non-hydrogen) atoms. The normalized spacial score (nSPS) is 11.9. The van der Waals surface area contributed by atoms with E-state index in [1.807, 2.05) is 19.1 Å². The fourth-order valence-corrected chi connectivity index (χ4v) is 3.25. The monoisotopic (exact) mass is 416 g/mol. The fraction of sp³-hybridized carbons (Fsp3) is 0.400. The number of aromatic amines is 1. The van der Waals surface area contributed by atoms with Gasteiger partial charge in [0.1, 0.15) is 0 Å². The molecule has 0 radical (unpaired) electrons. The van der Waals surface area contributed by atoms with Crippen molar-refractivity contribution in [3.8, 4) is 0 Å². The third kappa shape index (κ3) is 4.59. The fourth-order valence-electron chi connectivity index (χ4n) is 3.12. The zero-order valence-electron chi connectivity index (χ0n) is 16.8. The van der Waals surface area contributed by atoms with Gasteiger partial charge in [-0.2, -0.15) is 10.1 Å². The highest BCUT2D eigenvalue weighted by Gasteiger charge is 2.17. The summed E-state index contributed by atoms with van der Waals surface area (Å²) in [5.74, 6) is 0.427. The van der Waals surface area contributed by atoms with Crippen molar-refractivity contribution in [1.29, 1.82) is 0 Å². The molecule has 0 saturated carbocycles. The number of unbranched alkanes of at least 4 members (excludes halogenated alkanes) is 3. The molecule has 0 aliphatic rings. The van der Waals surface area contributed by atoms with Crippen LogP contribution < -0.4 is 16.7 Å². The van der Waals surface area contributed by atoms with Crippen molar-refractivity contribution >= 4 is 34.4 Å². The number of fused-ring (bicyclic) bond motifs is 1. The summed E-state index contributed by atoms with van der Waals surface area (Å²) in [5, 5.41) is 5.07. The van der Waals surface area contributed by atoms with Crippen LogP contribution in [-0.4, -0.2) is 24.8 Å². The summed E-state index contributed by atoms with van der Waals surface area (Å²) in [4.78, 5) is 31.2. The Hall–Kier alpha value is -2.87. The standard InChI is InChI=1S/C20H25ClN6O2/c1-4-5-6-7-12-27-16-17(26(3)20(29)23-18(16)28)22-19(27)25-24-13(2)14-8-10-15(21)11-9-14/h8-11H,4-7,12H2,1-3H3,(H,22,25)(H,23,28,29)/b24-13+. The number of hydrazone groups is 1. The van der Waals surface area contributed by atoms with Crippen molar-refractivity contribution in [3.63, 3.8) is 0 Å². The van der Waals surface area contributed by atoms with Gasteiger partial charge in [0.05, 0.1) is 5.71 Å². The molecule has 0 atom stereocenters. The van der Waals surface area contributed by atoms with Crippen LogP contribution in [0.1, 0.15) is 45.1 Å². The van der Waals surface area contributed by atoms with E-state index in [1.165, 1.54) is 4.57 Å². The molecule has 0 amide bonds. The van der Waals surface area contributed by atoms with Gasteiger partial charge in [-0.05, 0) is 31.0 Å². The number of hydrogen-bond acceptors (Lipinski definition) is 5. The summed E-state index contributed by atoms with van der Waals surface area (Å²) in [7, 11) is 1.58. The predicted octanol–water partition coefficient (Wildman–Crippen LogP) is 3.49. The molecule has 2 N–H and O–H groups in total. The smallest absolute Gasteiger partial charge is 0.303 e. The Kier molecular flexibility index (Phi) is 6.53. The van der Waals surface area contributed by atoms with Gasteiger partial charge in [0.15, 0.2) is 11.2 Å². The molecule has 0 unspecified atom stereocenters. The van der Waals surface area contributed by atoms with Gasteiger partial charge in [-0.3, -0.25) is 14.3 Å². The van der Waals surface area contributed by atoms with Crippen LogP contribution >= 0.6 is 11.6 Å². The van der Waals surface area contributed by atoms with E-state index < -0.39 is 11.2 Å². The molecule has 3 rings (SSSR count). The van der Waals surface area contributed by atoms with Crippen molar-refractivity contribution in [3.05, 3.63) is 55.7 Å². The van der Waals surface area contributed by atoms with Crippen LogP contribution in [0.2, 0.25) is 5.02 Å². The van der Waals surface area contributed by atoms with Crippen molar-refractivity contribution in [2.45, 2.75) is 46.1 Å². The number of aryl methyl sites for hydroxylation is 2. The SMILES string of the molecule is CCCCCCn1c(N/N=C(\C)c2ccc(Cl)cc2)nc2c1c(=O)[nH]c(=O)n2C. The molecule has 154 valence electrons. The van der Waals surface area contributed by atoms with Gasteiger partial charge in [0, 0.05) is 18.6 Å². The van der Waals surface area contributed by atoms with Crippen LogP contribution in [0.3, 0.4) is 0 Å². The lowest BCUT2D eigenvalue weighted by atomic mass is 10.1. The average molecular weight is 417 g/mol. The van der Waals surface area contributed by atoms with Gasteiger partial charge in [0.25, 0.3) is 5.56 Å². The van der Waals surface area contributed by atoms with E-state index in [4.69, 9.17) is 11.6 Å². The Morgan fingerprint density at radius 2 is 1.93 bits per heavy atom. The van der Waals surface area contributed by atoms with Crippen LogP contribution in [0.5, 0.6) is 0 Å². The van der Waals surface area contributed by atoms with E-state index in [0.717, 1.165) is 37.0 Å². The maximum Gasteiger partial charge on any atom is 0.329 e. The number of nitrogens with zero attached hydrogens (tertiary/aromatic N) is 4. The number of halogens is 1. The van der Waals surface area contributed by atoms with Gasteiger partial charge < -0.3 is 4.57 Å². The summed E-state index contributed by atoms with van der Waals surface area (Å²) in [5.41, 5.74) is 4.38. The minimum Gasteiger partial charge on any atom is -0.303 e. The van der Waals surface area contributed by atoms with E-state index in [0.29, 0.717) is 28.7 Å². The Labute approximate surface area is 173 Å². The molecule has 8 nitrogen and oxygen atoms in total. The lowest BCUT2D eigenvalue weighted by Crippen LogP contribution is -2.29. The van der Waals surface area contributed by atoms with Crippen molar-refractivity contribution < 1.29 is 0 Å². The number of rotatable bonds is 8. The van der Waals surface area contributed by atoms with Crippen LogP contribution in [-0.2, 0) is 13.6 Å². The molecule has 2 heterocycles. The Morgan fingerprint density at radius 1 is 1.21 bits per heavy atom. The van der Waals surface area contributed by atoms with E-state index in [-0.39, 0.29) is 0 Å². The Morgan fingerprint density at radius 3 is 2.62 bits per heavy atom. The van der Waals surface area contributed by atoms with Gasteiger partial charge in [-0.25, -0.2) is 10.2 Å². The van der Waals surface area contributed by atoms with Crippen LogP contribution in [0.15, 0.2) is 39.0 Å². The minimum absolute atomic E-state index is 0.330. The molecule has 3 aromatic rings. The second-order valence-electron chi connectivity index (χ2n) is 6.95. The molecular formula is C20H25ClN6O2. The zero-order chi connectivity index (χ0) is 21.0. The molecule has 1 aromatic carbocycles. The van der Waals surface area contributed by atoms with Crippen LogP contribution in [0, 0.1) is 0 Å². The summed E-state index contributed by atoms with van der Waals surface area (Å²) in [6.45, 7) is 4.62. The van der Waals surface area contributed by atoms with E-state index in [9.17, 15) is 9.59 Å². The minimum atomic E-state index is -0.495. The number of anilines is 1. The van der Waals surface area contributed by atoms with Crippen molar-refractivity contribution in [2.75, 3.05) is 5.43 Å². The quantitative estimate of drug-likeness (QED) is 0.333. The van der Waals surface area contributed by atoms with Crippen LogP contribution in [0.4, 0.5) is 5.95 Å². The molecule has 2 aromatic heterocycles. The summed E-state index contributed by atoms with van der Waals surface area (Å²) in [6.07, 6.45) is 4.19. The molecule has 9 heteroatoms. The highest BCUT2D eigenvalue weighted by atomic mass is 35.5. The second-order valence-corrected chi connectivity index (χ2v) is 7.39. The number of imidazole rings is 1. The topological polar surface area (TPSA) is 97.1 Å². The first-order valence-electron chi connectivity index (χ1n) is 9.68.